The maximum Gasteiger partial charge on any atom is 0.237 e. The quantitative estimate of drug-likeness (QED) is 0.376. The van der Waals surface area contributed by atoms with Crippen molar-refractivity contribution >= 4 is 40.0 Å². The van der Waals surface area contributed by atoms with E-state index in [2.05, 4.69) is 15.3 Å². The van der Waals surface area contributed by atoms with Gasteiger partial charge in [0.25, 0.3) is 0 Å². The first kappa shape index (κ1) is 19.3. The number of imidazole rings is 1. The monoisotopic (exact) mass is 404 g/mol. The molecule has 4 aromatic rings. The van der Waals surface area contributed by atoms with Gasteiger partial charge in [-0.15, -0.1) is 0 Å². The van der Waals surface area contributed by atoms with Gasteiger partial charge in [0.15, 0.2) is 5.95 Å². The number of fused-ring (bicyclic) bond motifs is 1. The van der Waals surface area contributed by atoms with E-state index >= 15 is 0 Å². The number of halogens is 1. The molecule has 0 radical (unpaired) electrons. The lowest BCUT2D eigenvalue weighted by Gasteiger charge is -2.24. The Morgan fingerprint density at radius 2 is 1.70 bits per heavy atom. The summed E-state index contributed by atoms with van der Waals surface area (Å²) < 4.78 is 13.3. The molecule has 1 amide bonds. The average Bonchev–Trinajstić information content (AvgIpc) is 3.11. The van der Waals surface area contributed by atoms with Crippen molar-refractivity contribution in [3.63, 3.8) is 0 Å². The van der Waals surface area contributed by atoms with Crippen LogP contribution in [0.4, 0.5) is 27.4 Å². The van der Waals surface area contributed by atoms with Gasteiger partial charge in [0.05, 0.1) is 11.0 Å². The summed E-state index contributed by atoms with van der Waals surface area (Å²) in [6.07, 6.45) is 0. The molecule has 0 spiro atoms. The van der Waals surface area contributed by atoms with E-state index in [1.54, 1.807) is 17.0 Å². The number of nitrogens with two attached hydrogens (primary N) is 2. The Labute approximate surface area is 172 Å². The van der Waals surface area contributed by atoms with Gasteiger partial charge < -0.3 is 26.7 Å². The minimum Gasteiger partial charge on any atom is -0.381 e. The highest BCUT2D eigenvalue weighted by molar-refractivity contribution is 5.83. The number of amides is 1. The molecule has 0 fully saturated rings. The molecule has 30 heavy (non-hydrogen) atoms. The number of hydrogen-bond acceptors (Lipinski definition) is 5. The van der Waals surface area contributed by atoms with Gasteiger partial charge in [-0.05, 0) is 60.2 Å². The van der Waals surface area contributed by atoms with Crippen molar-refractivity contribution in [2.45, 2.75) is 6.54 Å². The molecule has 0 saturated heterocycles. The first-order valence-corrected chi connectivity index (χ1v) is 9.37. The Morgan fingerprint density at radius 1 is 1.03 bits per heavy atom. The van der Waals surface area contributed by atoms with Crippen molar-refractivity contribution in [3.05, 3.63) is 78.1 Å². The van der Waals surface area contributed by atoms with Crippen LogP contribution in [0.2, 0.25) is 0 Å². The van der Waals surface area contributed by atoms with E-state index < -0.39 is 5.91 Å². The van der Waals surface area contributed by atoms with E-state index in [1.807, 2.05) is 42.5 Å². The van der Waals surface area contributed by atoms with E-state index in [1.165, 1.54) is 12.1 Å². The number of carbonyl (C=O) groups is 1. The molecule has 6 N–H and O–H groups in total. The fraction of sp³-hybridized carbons (Fsp3) is 0.0909. The smallest absolute Gasteiger partial charge is 0.237 e. The van der Waals surface area contributed by atoms with Gasteiger partial charge in [-0.25, -0.2) is 9.37 Å². The van der Waals surface area contributed by atoms with Crippen LogP contribution in [-0.4, -0.2) is 22.4 Å². The first-order valence-electron chi connectivity index (χ1n) is 9.37. The van der Waals surface area contributed by atoms with Crippen LogP contribution in [0.5, 0.6) is 0 Å². The molecule has 1 heterocycles. The zero-order valence-corrected chi connectivity index (χ0v) is 16.1. The summed E-state index contributed by atoms with van der Waals surface area (Å²) in [5, 5.41) is 3.36. The molecule has 0 saturated carbocycles. The molecule has 0 atom stereocenters. The molecule has 0 bridgehead atoms. The minimum atomic E-state index is -0.472. The molecule has 4 rings (SSSR count). The molecule has 0 aliphatic heterocycles. The standard InChI is InChI=1S/C22H21FN6O/c23-15-3-8-18(9-4-15)29(13-21(24)30)17-6-1-14(2-7-17)12-26-16-5-10-19-20(11-16)28-22(25)27-19/h1-11,26H,12-13H2,(H2,24,30)(H3,25,27,28). The lowest BCUT2D eigenvalue weighted by molar-refractivity contribution is -0.116. The van der Waals surface area contributed by atoms with E-state index in [0.29, 0.717) is 18.2 Å². The number of aromatic amines is 1. The van der Waals surface area contributed by atoms with Gasteiger partial charge >= 0.3 is 0 Å². The zero-order valence-electron chi connectivity index (χ0n) is 16.1. The van der Waals surface area contributed by atoms with E-state index in [4.69, 9.17) is 11.5 Å². The molecule has 7 nitrogen and oxygen atoms in total. The second kappa shape index (κ2) is 8.12. The highest BCUT2D eigenvalue weighted by atomic mass is 19.1. The Morgan fingerprint density at radius 3 is 2.37 bits per heavy atom. The highest BCUT2D eigenvalue weighted by Gasteiger charge is 2.12. The number of H-pyrrole nitrogens is 1. The van der Waals surface area contributed by atoms with Crippen molar-refractivity contribution in [2.24, 2.45) is 5.73 Å². The number of nitrogen functional groups attached to an aromatic ring is 1. The fourth-order valence-electron chi connectivity index (χ4n) is 3.25. The van der Waals surface area contributed by atoms with Gasteiger partial charge in [-0.3, -0.25) is 4.79 Å². The summed E-state index contributed by atoms with van der Waals surface area (Å²) in [5.41, 5.74) is 16.3. The molecule has 0 unspecified atom stereocenters. The number of benzene rings is 3. The molecule has 3 aromatic carbocycles. The van der Waals surface area contributed by atoms with Gasteiger partial charge in [0.2, 0.25) is 5.91 Å². The number of rotatable bonds is 7. The molecule has 152 valence electrons. The summed E-state index contributed by atoms with van der Waals surface area (Å²) in [4.78, 5) is 20.5. The summed E-state index contributed by atoms with van der Waals surface area (Å²) in [6, 6.07) is 19.5. The summed E-state index contributed by atoms with van der Waals surface area (Å²) in [6.45, 7) is 0.609. The van der Waals surface area contributed by atoms with Crippen LogP contribution >= 0.6 is 0 Å². The van der Waals surface area contributed by atoms with E-state index in [0.717, 1.165) is 28.0 Å². The topological polar surface area (TPSA) is 113 Å². The van der Waals surface area contributed by atoms with Gasteiger partial charge in [0.1, 0.15) is 12.4 Å². The second-order valence-electron chi connectivity index (χ2n) is 6.90. The molecular formula is C22H21FN6O. The Kier molecular flexibility index (Phi) is 5.21. The Bertz CT molecular complexity index is 1170. The number of primary amides is 1. The van der Waals surface area contributed by atoms with Crippen molar-refractivity contribution in [1.29, 1.82) is 0 Å². The molecule has 0 aliphatic carbocycles. The molecule has 8 heteroatoms. The number of anilines is 4. The maximum absolute atomic E-state index is 13.3. The minimum absolute atomic E-state index is 0.00342. The van der Waals surface area contributed by atoms with Crippen LogP contribution in [0.25, 0.3) is 11.0 Å². The van der Waals surface area contributed by atoms with Crippen molar-refractivity contribution in [2.75, 3.05) is 22.5 Å². The third-order valence-electron chi connectivity index (χ3n) is 4.70. The fourth-order valence-corrected chi connectivity index (χ4v) is 3.25. The Balaban J connectivity index is 1.48. The second-order valence-corrected chi connectivity index (χ2v) is 6.90. The van der Waals surface area contributed by atoms with Gasteiger partial charge in [-0.1, -0.05) is 12.1 Å². The first-order chi connectivity index (χ1) is 14.5. The Hall–Kier alpha value is -4.07. The van der Waals surface area contributed by atoms with Crippen molar-refractivity contribution in [1.82, 2.24) is 9.97 Å². The number of carbonyl (C=O) groups excluding carboxylic acids is 1. The highest BCUT2D eigenvalue weighted by Crippen LogP contribution is 2.26. The van der Waals surface area contributed by atoms with Crippen LogP contribution in [0.3, 0.4) is 0 Å². The average molecular weight is 404 g/mol. The lowest BCUT2D eigenvalue weighted by Crippen LogP contribution is -2.30. The van der Waals surface area contributed by atoms with Gasteiger partial charge in [-0.2, -0.15) is 0 Å². The predicted octanol–water partition coefficient (Wildman–Crippen LogP) is 3.52. The third kappa shape index (κ3) is 4.33. The van der Waals surface area contributed by atoms with E-state index in [-0.39, 0.29) is 12.4 Å². The zero-order chi connectivity index (χ0) is 21.1. The summed E-state index contributed by atoms with van der Waals surface area (Å²) in [5.74, 6) is -0.422. The SMILES string of the molecule is NC(=O)CN(c1ccc(F)cc1)c1ccc(CNc2ccc3nc(N)[nH]c3c2)cc1. The van der Waals surface area contributed by atoms with Crippen LogP contribution < -0.4 is 21.7 Å². The van der Waals surface area contributed by atoms with Crippen LogP contribution in [0, 0.1) is 5.82 Å². The maximum atomic E-state index is 13.3. The van der Waals surface area contributed by atoms with Crippen LogP contribution in [0.1, 0.15) is 5.56 Å². The third-order valence-corrected chi connectivity index (χ3v) is 4.70. The number of aromatic nitrogens is 2. The molecule has 0 aliphatic rings. The predicted molar refractivity (Wildman–Crippen MR) is 117 cm³/mol. The normalized spacial score (nSPS) is 10.8. The number of nitrogens with one attached hydrogen (secondary N) is 2. The van der Waals surface area contributed by atoms with Crippen molar-refractivity contribution < 1.29 is 9.18 Å². The van der Waals surface area contributed by atoms with Gasteiger partial charge in [0, 0.05) is 23.6 Å². The van der Waals surface area contributed by atoms with Crippen molar-refractivity contribution in [3.8, 4) is 0 Å². The molecule has 1 aromatic heterocycles. The molecular weight excluding hydrogens is 383 g/mol. The number of nitrogens with zero attached hydrogens (tertiary/aromatic N) is 2. The lowest BCUT2D eigenvalue weighted by atomic mass is 10.1. The summed E-state index contributed by atoms with van der Waals surface area (Å²) in [7, 11) is 0. The largest absolute Gasteiger partial charge is 0.381 e. The number of hydrogen-bond donors (Lipinski definition) is 4. The van der Waals surface area contributed by atoms with E-state index in [9.17, 15) is 9.18 Å². The van der Waals surface area contributed by atoms with Crippen LogP contribution in [0.15, 0.2) is 66.7 Å². The van der Waals surface area contributed by atoms with Crippen LogP contribution in [-0.2, 0) is 11.3 Å². The summed E-state index contributed by atoms with van der Waals surface area (Å²) >= 11 is 0.